The number of aromatic nitrogens is 1. The number of anilines is 1. The molecule has 1 atom stereocenters. The first kappa shape index (κ1) is 15.0. The molecule has 1 aromatic heterocycles. The highest BCUT2D eigenvalue weighted by Gasteiger charge is 2.42. The second kappa shape index (κ2) is 6.06. The number of nitrogens with one attached hydrogen (secondary N) is 2. The average molecular weight is 317 g/mol. The quantitative estimate of drug-likeness (QED) is 0.793. The summed E-state index contributed by atoms with van der Waals surface area (Å²) in [6, 6.07) is 7.29. The Morgan fingerprint density at radius 2 is 2.32 bits per heavy atom. The van der Waals surface area contributed by atoms with Gasteiger partial charge in [-0.3, -0.25) is 0 Å². The van der Waals surface area contributed by atoms with Gasteiger partial charge in [-0.2, -0.15) is 0 Å². The Morgan fingerprint density at radius 3 is 2.95 bits per heavy atom. The first-order valence-corrected chi connectivity index (χ1v) is 8.19. The summed E-state index contributed by atoms with van der Waals surface area (Å²) in [5.41, 5.74) is 1.14. The van der Waals surface area contributed by atoms with Crippen molar-refractivity contribution in [2.75, 3.05) is 11.9 Å². The number of hydrogen-bond acceptors (Lipinski definition) is 4. The van der Waals surface area contributed by atoms with E-state index < -0.39 is 5.54 Å². The van der Waals surface area contributed by atoms with Crippen molar-refractivity contribution in [3.63, 3.8) is 0 Å². The summed E-state index contributed by atoms with van der Waals surface area (Å²) in [6.45, 7) is 1.83. The average Bonchev–Trinajstić information content (AvgIpc) is 3.23. The van der Waals surface area contributed by atoms with Gasteiger partial charge >= 0.3 is 6.03 Å². The number of urea groups is 1. The summed E-state index contributed by atoms with van der Waals surface area (Å²) in [4.78, 5) is 16.4. The van der Waals surface area contributed by atoms with Crippen molar-refractivity contribution in [2.45, 2.75) is 25.3 Å². The van der Waals surface area contributed by atoms with E-state index >= 15 is 0 Å². The monoisotopic (exact) mass is 317 g/mol. The lowest BCUT2D eigenvalue weighted by Crippen LogP contribution is -2.52. The lowest BCUT2D eigenvalue weighted by Gasteiger charge is -2.28. The van der Waals surface area contributed by atoms with Crippen molar-refractivity contribution in [3.8, 4) is 10.6 Å². The minimum Gasteiger partial charge on any atom is -0.394 e. The van der Waals surface area contributed by atoms with Crippen LogP contribution in [-0.2, 0) is 0 Å². The Morgan fingerprint density at radius 1 is 1.50 bits per heavy atom. The minimum atomic E-state index is -0.545. The summed E-state index contributed by atoms with van der Waals surface area (Å²) in [5.74, 6) is 0.366. The molecule has 2 amide bonds. The maximum atomic E-state index is 12.2. The van der Waals surface area contributed by atoms with Crippen molar-refractivity contribution < 1.29 is 9.90 Å². The van der Waals surface area contributed by atoms with Crippen LogP contribution in [0.2, 0.25) is 0 Å². The highest BCUT2D eigenvalue weighted by Crippen LogP contribution is 2.39. The smallest absolute Gasteiger partial charge is 0.319 e. The number of amides is 2. The summed E-state index contributed by atoms with van der Waals surface area (Å²) >= 11 is 1.56. The zero-order chi connectivity index (χ0) is 15.6. The Hall–Kier alpha value is -1.92. The van der Waals surface area contributed by atoms with Crippen LogP contribution in [-0.4, -0.2) is 28.3 Å². The second-order valence-corrected chi connectivity index (χ2v) is 6.74. The zero-order valence-corrected chi connectivity index (χ0v) is 13.2. The van der Waals surface area contributed by atoms with Crippen LogP contribution in [0.5, 0.6) is 0 Å². The molecule has 0 saturated heterocycles. The summed E-state index contributed by atoms with van der Waals surface area (Å²) < 4.78 is 0. The van der Waals surface area contributed by atoms with Gasteiger partial charge < -0.3 is 15.7 Å². The summed E-state index contributed by atoms with van der Waals surface area (Å²) in [6.07, 6.45) is 3.86. The summed E-state index contributed by atoms with van der Waals surface area (Å²) in [5, 5.41) is 18.1. The molecular formula is C16H19N3O2S. The predicted octanol–water partition coefficient (Wildman–Crippen LogP) is 3.09. The van der Waals surface area contributed by atoms with E-state index in [-0.39, 0.29) is 12.6 Å². The van der Waals surface area contributed by atoms with Crippen LogP contribution in [0.4, 0.5) is 10.5 Å². The van der Waals surface area contributed by atoms with Crippen LogP contribution in [0.15, 0.2) is 35.8 Å². The molecule has 1 heterocycles. The lowest BCUT2D eigenvalue weighted by atomic mass is 9.97. The number of aliphatic hydroxyl groups is 1. The molecule has 5 nitrogen and oxygen atoms in total. The fourth-order valence-electron chi connectivity index (χ4n) is 2.51. The van der Waals surface area contributed by atoms with Gasteiger partial charge in [-0.25, -0.2) is 9.78 Å². The van der Waals surface area contributed by atoms with Crippen LogP contribution in [0, 0.1) is 5.92 Å². The second-order valence-electron chi connectivity index (χ2n) is 5.85. The SMILES string of the molecule is CC(CO)(NC(=O)Nc1cccc(-c2nccs2)c1)C1CC1. The Labute approximate surface area is 133 Å². The largest absolute Gasteiger partial charge is 0.394 e. The van der Waals surface area contributed by atoms with Crippen molar-refractivity contribution in [3.05, 3.63) is 35.8 Å². The Bertz CT molecular complexity index is 655. The third-order valence-electron chi connectivity index (χ3n) is 4.01. The van der Waals surface area contributed by atoms with Gasteiger partial charge in [0, 0.05) is 22.8 Å². The van der Waals surface area contributed by atoms with Crippen LogP contribution < -0.4 is 10.6 Å². The van der Waals surface area contributed by atoms with Gasteiger partial charge in [-0.1, -0.05) is 12.1 Å². The lowest BCUT2D eigenvalue weighted by molar-refractivity contribution is 0.159. The van der Waals surface area contributed by atoms with E-state index in [4.69, 9.17) is 0 Å². The Balaban J connectivity index is 1.68. The van der Waals surface area contributed by atoms with Gasteiger partial charge in [-0.15, -0.1) is 11.3 Å². The number of carbonyl (C=O) groups excluding carboxylic acids is 1. The highest BCUT2D eigenvalue weighted by atomic mass is 32.1. The third kappa shape index (κ3) is 3.28. The third-order valence-corrected chi connectivity index (χ3v) is 4.83. The van der Waals surface area contributed by atoms with Gasteiger partial charge in [-0.05, 0) is 37.8 Å². The summed E-state index contributed by atoms with van der Waals surface area (Å²) in [7, 11) is 0. The molecule has 0 radical (unpaired) electrons. The van der Waals surface area contributed by atoms with E-state index in [9.17, 15) is 9.90 Å². The van der Waals surface area contributed by atoms with E-state index in [1.807, 2.05) is 36.6 Å². The van der Waals surface area contributed by atoms with Crippen molar-refractivity contribution in [1.29, 1.82) is 0 Å². The minimum absolute atomic E-state index is 0.0513. The molecule has 22 heavy (non-hydrogen) atoms. The molecule has 0 bridgehead atoms. The van der Waals surface area contributed by atoms with Crippen molar-refractivity contribution in [2.24, 2.45) is 5.92 Å². The standard InChI is InChI=1S/C16H19N3O2S/c1-16(10-20,12-5-6-12)19-15(21)18-13-4-2-3-11(9-13)14-17-7-8-22-14/h2-4,7-9,12,20H,5-6,10H2,1H3,(H2,18,19,21). The van der Waals surface area contributed by atoms with Gasteiger partial charge in [0.05, 0.1) is 12.1 Å². The van der Waals surface area contributed by atoms with E-state index in [0.717, 1.165) is 23.4 Å². The van der Waals surface area contributed by atoms with E-state index in [0.29, 0.717) is 11.6 Å². The van der Waals surface area contributed by atoms with Crippen LogP contribution in [0.1, 0.15) is 19.8 Å². The van der Waals surface area contributed by atoms with Gasteiger partial charge in [0.2, 0.25) is 0 Å². The number of aliphatic hydroxyl groups excluding tert-OH is 1. The Kier molecular flexibility index (Phi) is 4.13. The van der Waals surface area contributed by atoms with Crippen LogP contribution >= 0.6 is 11.3 Å². The number of rotatable bonds is 5. The molecule has 3 N–H and O–H groups in total. The molecule has 0 aliphatic heterocycles. The number of hydrogen-bond donors (Lipinski definition) is 3. The predicted molar refractivity (Wildman–Crippen MR) is 87.9 cm³/mol. The normalized spacial score (nSPS) is 16.8. The molecule has 1 fully saturated rings. The van der Waals surface area contributed by atoms with E-state index in [1.54, 1.807) is 17.5 Å². The first-order chi connectivity index (χ1) is 10.6. The zero-order valence-electron chi connectivity index (χ0n) is 12.4. The maximum Gasteiger partial charge on any atom is 0.319 e. The molecule has 1 unspecified atom stereocenters. The molecule has 2 aromatic rings. The van der Waals surface area contributed by atoms with Gasteiger partial charge in [0.15, 0.2) is 0 Å². The topological polar surface area (TPSA) is 74.2 Å². The van der Waals surface area contributed by atoms with Crippen molar-refractivity contribution >= 4 is 23.1 Å². The molecule has 6 heteroatoms. The molecule has 1 saturated carbocycles. The molecule has 0 spiro atoms. The fourth-order valence-corrected chi connectivity index (χ4v) is 3.14. The molecule has 1 aliphatic rings. The number of thiazole rings is 1. The van der Waals surface area contributed by atoms with Crippen molar-refractivity contribution in [1.82, 2.24) is 10.3 Å². The number of carbonyl (C=O) groups is 1. The van der Waals surface area contributed by atoms with Gasteiger partial charge in [0.1, 0.15) is 5.01 Å². The van der Waals surface area contributed by atoms with E-state index in [2.05, 4.69) is 15.6 Å². The molecule has 116 valence electrons. The molecule has 1 aliphatic carbocycles. The maximum absolute atomic E-state index is 12.2. The number of benzene rings is 1. The molecule has 1 aromatic carbocycles. The van der Waals surface area contributed by atoms with Crippen LogP contribution in [0.3, 0.4) is 0 Å². The number of nitrogens with zero attached hydrogens (tertiary/aromatic N) is 1. The van der Waals surface area contributed by atoms with Gasteiger partial charge in [0.25, 0.3) is 0 Å². The molecular weight excluding hydrogens is 298 g/mol. The highest BCUT2D eigenvalue weighted by molar-refractivity contribution is 7.13. The van der Waals surface area contributed by atoms with E-state index in [1.165, 1.54) is 0 Å². The molecule has 3 rings (SSSR count). The fraction of sp³-hybridized carbons (Fsp3) is 0.375. The van der Waals surface area contributed by atoms with Crippen LogP contribution in [0.25, 0.3) is 10.6 Å². The first-order valence-electron chi connectivity index (χ1n) is 7.31.